The summed E-state index contributed by atoms with van der Waals surface area (Å²) in [6.45, 7) is 3.63. The van der Waals surface area contributed by atoms with Gasteiger partial charge < -0.3 is 30.2 Å². The normalized spacial score (nSPS) is 10.2. The summed E-state index contributed by atoms with van der Waals surface area (Å²) in [4.78, 5) is 38.8. The van der Waals surface area contributed by atoms with Crippen molar-refractivity contribution in [1.29, 1.82) is 0 Å². The predicted octanol–water partition coefficient (Wildman–Crippen LogP) is 3.97. The highest BCUT2D eigenvalue weighted by Gasteiger charge is 2.18. The van der Waals surface area contributed by atoms with Crippen molar-refractivity contribution in [1.82, 2.24) is 4.98 Å². The fourth-order valence-corrected chi connectivity index (χ4v) is 2.82. The van der Waals surface area contributed by atoms with E-state index in [9.17, 15) is 19.7 Å². The smallest absolute Gasteiger partial charge is 0.406 e. The molecule has 2 amide bonds. The Balaban J connectivity index is 1.54. The first-order valence-corrected chi connectivity index (χ1v) is 10.0. The maximum atomic E-state index is 12.4. The van der Waals surface area contributed by atoms with E-state index in [4.69, 9.17) is 9.47 Å². The minimum Gasteiger partial charge on any atom is -0.494 e. The molecule has 0 saturated heterocycles. The van der Waals surface area contributed by atoms with Gasteiger partial charge in [0.15, 0.2) is 6.61 Å². The SMILES string of the molecule is CCOc1ccc(NC(=O)c2ccc(NC(=O)COc3ccc(C)nc3[N+](=O)[O-])cc2)cc1. The van der Waals surface area contributed by atoms with Gasteiger partial charge in [-0.05, 0) is 77.5 Å². The lowest BCUT2D eigenvalue weighted by atomic mass is 10.2. The lowest BCUT2D eigenvalue weighted by Crippen LogP contribution is -2.20. The molecular weight excluding hydrogens is 428 g/mol. The molecule has 0 aliphatic heterocycles. The van der Waals surface area contributed by atoms with Crippen LogP contribution in [0.4, 0.5) is 17.2 Å². The third-order valence-corrected chi connectivity index (χ3v) is 4.36. The molecule has 0 unspecified atom stereocenters. The van der Waals surface area contributed by atoms with Gasteiger partial charge in [0.2, 0.25) is 5.75 Å². The molecular formula is C23H22N4O6. The van der Waals surface area contributed by atoms with Crippen molar-refractivity contribution >= 4 is 29.0 Å². The Morgan fingerprint density at radius 1 is 0.939 bits per heavy atom. The molecule has 0 saturated carbocycles. The molecule has 0 spiro atoms. The quantitative estimate of drug-likeness (QED) is 0.372. The van der Waals surface area contributed by atoms with Crippen LogP contribution in [0.1, 0.15) is 23.0 Å². The number of ether oxygens (including phenoxy) is 2. The molecule has 3 aromatic rings. The molecule has 3 rings (SSSR count). The van der Waals surface area contributed by atoms with E-state index < -0.39 is 23.3 Å². The molecule has 2 N–H and O–H groups in total. The number of anilines is 2. The Morgan fingerprint density at radius 2 is 1.58 bits per heavy atom. The van der Waals surface area contributed by atoms with Gasteiger partial charge in [-0.3, -0.25) is 9.59 Å². The van der Waals surface area contributed by atoms with E-state index in [1.165, 1.54) is 6.07 Å². The zero-order valence-corrected chi connectivity index (χ0v) is 18.0. The molecule has 0 bridgehead atoms. The molecule has 10 nitrogen and oxygen atoms in total. The highest BCUT2D eigenvalue weighted by atomic mass is 16.6. The Bertz CT molecular complexity index is 1150. The van der Waals surface area contributed by atoms with Crippen molar-refractivity contribution in [3.8, 4) is 11.5 Å². The van der Waals surface area contributed by atoms with Crippen LogP contribution in [0.2, 0.25) is 0 Å². The number of aryl methyl sites for hydroxylation is 1. The van der Waals surface area contributed by atoms with Crippen LogP contribution in [-0.4, -0.2) is 34.9 Å². The Hall–Kier alpha value is -4.47. The molecule has 33 heavy (non-hydrogen) atoms. The van der Waals surface area contributed by atoms with Crippen molar-refractivity contribution in [3.63, 3.8) is 0 Å². The second-order valence-corrected chi connectivity index (χ2v) is 6.86. The molecule has 2 aromatic carbocycles. The van der Waals surface area contributed by atoms with Crippen molar-refractivity contribution in [2.75, 3.05) is 23.8 Å². The lowest BCUT2D eigenvalue weighted by molar-refractivity contribution is -0.390. The van der Waals surface area contributed by atoms with Crippen molar-refractivity contribution in [2.45, 2.75) is 13.8 Å². The molecule has 10 heteroatoms. The second-order valence-electron chi connectivity index (χ2n) is 6.86. The number of pyridine rings is 1. The van der Waals surface area contributed by atoms with E-state index in [0.717, 1.165) is 0 Å². The summed E-state index contributed by atoms with van der Waals surface area (Å²) in [7, 11) is 0. The second kappa shape index (κ2) is 10.7. The molecule has 170 valence electrons. The fraction of sp³-hybridized carbons (Fsp3) is 0.174. The first kappa shape index (κ1) is 23.2. The molecule has 1 aromatic heterocycles. The monoisotopic (exact) mass is 450 g/mol. The Labute approximate surface area is 189 Å². The molecule has 0 atom stereocenters. The number of rotatable bonds is 9. The maximum Gasteiger partial charge on any atom is 0.406 e. The Morgan fingerprint density at radius 3 is 2.21 bits per heavy atom. The van der Waals surface area contributed by atoms with E-state index in [0.29, 0.717) is 35.0 Å². The number of aromatic nitrogens is 1. The number of hydrogen-bond donors (Lipinski definition) is 2. The molecule has 1 heterocycles. The molecule has 0 aliphatic rings. The van der Waals surface area contributed by atoms with E-state index in [2.05, 4.69) is 15.6 Å². The number of carbonyl (C=O) groups is 2. The first-order chi connectivity index (χ1) is 15.9. The van der Waals surface area contributed by atoms with Gasteiger partial charge in [-0.15, -0.1) is 0 Å². The minimum absolute atomic E-state index is 0.0953. The third-order valence-electron chi connectivity index (χ3n) is 4.36. The number of nitrogens with one attached hydrogen (secondary N) is 2. The van der Waals surface area contributed by atoms with E-state index in [1.807, 2.05) is 6.92 Å². The van der Waals surface area contributed by atoms with E-state index >= 15 is 0 Å². The Kier molecular flexibility index (Phi) is 7.53. The van der Waals surface area contributed by atoms with Crippen molar-refractivity contribution in [2.24, 2.45) is 0 Å². The summed E-state index contributed by atoms with van der Waals surface area (Å²) in [6.07, 6.45) is 0. The predicted molar refractivity (Wildman–Crippen MR) is 122 cm³/mol. The van der Waals surface area contributed by atoms with E-state index in [-0.39, 0.29) is 11.7 Å². The lowest BCUT2D eigenvalue weighted by Gasteiger charge is -2.09. The average molecular weight is 450 g/mol. The summed E-state index contributed by atoms with van der Waals surface area (Å²) in [6, 6.07) is 16.2. The summed E-state index contributed by atoms with van der Waals surface area (Å²) in [5.41, 5.74) is 1.93. The van der Waals surface area contributed by atoms with Gasteiger partial charge in [0.1, 0.15) is 11.4 Å². The van der Waals surface area contributed by atoms with Gasteiger partial charge in [-0.25, -0.2) is 0 Å². The summed E-state index contributed by atoms with van der Waals surface area (Å²) in [5.74, 6) is -0.656. The van der Waals surface area contributed by atoms with Gasteiger partial charge in [0, 0.05) is 23.9 Å². The van der Waals surface area contributed by atoms with Gasteiger partial charge in [-0.2, -0.15) is 0 Å². The maximum absolute atomic E-state index is 12.4. The number of carbonyl (C=O) groups excluding carboxylic acids is 2. The van der Waals surface area contributed by atoms with Crippen molar-refractivity contribution in [3.05, 3.63) is 82.0 Å². The van der Waals surface area contributed by atoms with Gasteiger partial charge in [0.05, 0.1) is 6.61 Å². The standard InChI is InChI=1S/C23H22N4O6/c1-3-32-19-11-9-18(10-12-19)26-23(29)16-5-7-17(8-6-16)25-21(28)14-33-20-13-4-15(2)24-22(20)27(30)31/h4-13H,3,14H2,1-2H3,(H,25,28)(H,26,29). The molecule has 0 aliphatic carbocycles. The van der Waals surface area contributed by atoms with Crippen LogP contribution in [0.25, 0.3) is 0 Å². The van der Waals surface area contributed by atoms with Crippen LogP contribution in [0.3, 0.4) is 0 Å². The highest BCUT2D eigenvalue weighted by Crippen LogP contribution is 2.24. The van der Waals surface area contributed by atoms with Gasteiger partial charge >= 0.3 is 5.82 Å². The van der Waals surface area contributed by atoms with Gasteiger partial charge in [-0.1, -0.05) is 0 Å². The third kappa shape index (κ3) is 6.50. The summed E-state index contributed by atoms with van der Waals surface area (Å²) in [5, 5.41) is 16.5. The minimum atomic E-state index is -0.669. The number of benzene rings is 2. The molecule has 0 fully saturated rings. The fourth-order valence-electron chi connectivity index (χ4n) is 2.82. The van der Waals surface area contributed by atoms with Gasteiger partial charge in [0.25, 0.3) is 11.8 Å². The van der Waals surface area contributed by atoms with Crippen LogP contribution in [0, 0.1) is 17.0 Å². The van der Waals surface area contributed by atoms with Crippen LogP contribution >= 0.6 is 0 Å². The zero-order valence-electron chi connectivity index (χ0n) is 18.0. The zero-order chi connectivity index (χ0) is 23.8. The topological polar surface area (TPSA) is 133 Å². The summed E-state index contributed by atoms with van der Waals surface area (Å²) < 4.78 is 10.6. The number of hydrogen-bond acceptors (Lipinski definition) is 7. The first-order valence-electron chi connectivity index (χ1n) is 10.0. The largest absolute Gasteiger partial charge is 0.494 e. The average Bonchev–Trinajstić information content (AvgIpc) is 2.80. The van der Waals surface area contributed by atoms with Crippen LogP contribution < -0.4 is 20.1 Å². The van der Waals surface area contributed by atoms with Crippen molar-refractivity contribution < 1.29 is 24.0 Å². The van der Waals surface area contributed by atoms with E-state index in [1.54, 1.807) is 61.5 Å². The van der Waals surface area contributed by atoms with Crippen LogP contribution in [0.15, 0.2) is 60.7 Å². The van der Waals surface area contributed by atoms with Crippen LogP contribution in [0.5, 0.6) is 11.5 Å². The number of amides is 2. The van der Waals surface area contributed by atoms with Crippen LogP contribution in [-0.2, 0) is 4.79 Å². The molecule has 0 radical (unpaired) electrons. The highest BCUT2D eigenvalue weighted by molar-refractivity contribution is 6.04. The number of nitro groups is 1. The summed E-state index contributed by atoms with van der Waals surface area (Å²) >= 11 is 0. The number of nitrogens with zero attached hydrogens (tertiary/aromatic N) is 2.